The summed E-state index contributed by atoms with van der Waals surface area (Å²) in [6, 6.07) is 7.44. The number of benzene rings is 1. The van der Waals surface area contributed by atoms with Gasteiger partial charge in [-0.2, -0.15) is 4.98 Å². The molecular weight excluding hydrogens is 508 g/mol. The van der Waals surface area contributed by atoms with Crippen LogP contribution in [0.3, 0.4) is 0 Å². The van der Waals surface area contributed by atoms with E-state index in [2.05, 4.69) is 15.2 Å². The molecule has 2 aliphatic rings. The highest BCUT2D eigenvalue weighted by atomic mass is 16.5. The summed E-state index contributed by atoms with van der Waals surface area (Å²) in [6.07, 6.45) is 5.73. The minimum absolute atomic E-state index is 0. The zero-order valence-electron chi connectivity index (χ0n) is 24.4. The van der Waals surface area contributed by atoms with Gasteiger partial charge in [-0.15, -0.1) is 0 Å². The van der Waals surface area contributed by atoms with Gasteiger partial charge in [0.1, 0.15) is 12.4 Å². The Morgan fingerprint density at radius 1 is 1.12 bits per heavy atom. The number of ketones is 1. The van der Waals surface area contributed by atoms with Crippen molar-refractivity contribution in [1.29, 1.82) is 0 Å². The van der Waals surface area contributed by atoms with Gasteiger partial charge < -0.3 is 24.4 Å². The molecule has 40 heavy (non-hydrogen) atoms. The van der Waals surface area contributed by atoms with Crippen LogP contribution in [0.4, 0.5) is 17.5 Å². The number of carbonyl (C=O) groups excluding carboxylic acids is 2. The molecule has 1 aliphatic carbocycles. The van der Waals surface area contributed by atoms with Gasteiger partial charge in [0.25, 0.3) is 5.56 Å². The van der Waals surface area contributed by atoms with Crippen LogP contribution in [0.2, 0.25) is 0 Å². The lowest BCUT2D eigenvalue weighted by Crippen LogP contribution is -2.40. The summed E-state index contributed by atoms with van der Waals surface area (Å²) in [7, 11) is 5.30. The van der Waals surface area contributed by atoms with Crippen molar-refractivity contribution in [3.05, 3.63) is 46.4 Å². The minimum atomic E-state index is -0.285. The molecule has 0 spiro atoms. The molecule has 10 heteroatoms. The van der Waals surface area contributed by atoms with Crippen LogP contribution in [0.25, 0.3) is 10.9 Å². The number of piperidine rings is 1. The first kappa shape index (κ1) is 29.0. The number of fused-ring (bicyclic) bond motifs is 1. The first-order chi connectivity index (χ1) is 19.2. The third-order valence-corrected chi connectivity index (χ3v) is 7.27. The highest BCUT2D eigenvalue weighted by molar-refractivity contribution is 5.85. The zero-order valence-corrected chi connectivity index (χ0v) is 24.4. The van der Waals surface area contributed by atoms with Crippen molar-refractivity contribution in [3.8, 4) is 5.75 Å². The number of hydrogen-bond acceptors (Lipinski definition) is 8. The lowest BCUT2D eigenvalue weighted by Gasteiger charge is -2.32. The van der Waals surface area contributed by atoms with Crippen molar-refractivity contribution in [2.24, 2.45) is 13.0 Å². The third-order valence-electron chi connectivity index (χ3n) is 7.27. The van der Waals surface area contributed by atoms with Crippen molar-refractivity contribution in [1.82, 2.24) is 19.4 Å². The van der Waals surface area contributed by atoms with Crippen molar-refractivity contribution in [2.45, 2.75) is 52.4 Å². The normalized spacial score (nSPS) is 15.3. The summed E-state index contributed by atoms with van der Waals surface area (Å²) in [5.41, 5.74) is 2.40. The fraction of sp³-hybridized carbons (Fsp3) is 0.500. The number of ether oxygens (including phenoxy) is 1. The van der Waals surface area contributed by atoms with Gasteiger partial charge in [-0.1, -0.05) is 13.8 Å². The number of aromatic nitrogens is 3. The van der Waals surface area contributed by atoms with Crippen LogP contribution in [-0.2, 0) is 16.6 Å². The molecule has 3 heterocycles. The van der Waals surface area contributed by atoms with Gasteiger partial charge in [0.05, 0.1) is 5.52 Å². The second-order valence-corrected chi connectivity index (χ2v) is 10.5. The molecule has 1 amide bonds. The summed E-state index contributed by atoms with van der Waals surface area (Å²) in [4.78, 5) is 49.8. The van der Waals surface area contributed by atoms with E-state index in [1.807, 2.05) is 38.2 Å². The number of nitrogens with zero attached hydrogens (tertiary/aromatic N) is 5. The van der Waals surface area contributed by atoms with E-state index in [9.17, 15) is 14.4 Å². The van der Waals surface area contributed by atoms with Crippen LogP contribution < -0.4 is 20.5 Å². The number of carbonyl (C=O) groups is 2. The third kappa shape index (κ3) is 6.43. The van der Waals surface area contributed by atoms with Crippen LogP contribution in [-0.4, -0.2) is 64.9 Å². The molecule has 1 saturated heterocycles. The Kier molecular flexibility index (Phi) is 9.07. The maximum absolute atomic E-state index is 12.6. The molecule has 216 valence electrons. The first-order valence-corrected chi connectivity index (χ1v) is 14.1. The van der Waals surface area contributed by atoms with Gasteiger partial charge in [0.15, 0.2) is 11.5 Å². The van der Waals surface area contributed by atoms with E-state index in [1.165, 1.54) is 11.5 Å². The zero-order chi connectivity index (χ0) is 29.0. The molecule has 0 atom stereocenters. The molecule has 3 aromatic rings. The number of nitrogens with one attached hydrogen (secondary N) is 1. The summed E-state index contributed by atoms with van der Waals surface area (Å²) < 4.78 is 6.99. The first-order valence-electron chi connectivity index (χ1n) is 14.1. The summed E-state index contributed by atoms with van der Waals surface area (Å²) in [5.74, 6) is 2.11. The molecule has 10 nitrogen and oxygen atoms in total. The Bertz CT molecular complexity index is 1440. The number of rotatable bonds is 8. The van der Waals surface area contributed by atoms with Crippen molar-refractivity contribution in [2.75, 3.05) is 44.0 Å². The average Bonchev–Trinajstić information content (AvgIpc) is 3.80. The Balaban J connectivity index is 0.00000151. The smallest absolute Gasteiger partial charge is 0.293 e. The highest BCUT2D eigenvalue weighted by Gasteiger charge is 2.30. The van der Waals surface area contributed by atoms with E-state index in [-0.39, 0.29) is 37.0 Å². The molecule has 1 N–H and O–H groups in total. The Hall–Kier alpha value is -3.95. The summed E-state index contributed by atoms with van der Waals surface area (Å²) >= 11 is 0. The molecule has 0 unspecified atom stereocenters. The topological polar surface area (TPSA) is 110 Å². The Morgan fingerprint density at radius 2 is 1.82 bits per heavy atom. The molecule has 0 bridgehead atoms. The van der Waals surface area contributed by atoms with Crippen molar-refractivity contribution >= 4 is 40.0 Å². The number of amides is 1. The highest BCUT2D eigenvalue weighted by Crippen LogP contribution is 2.43. The standard InChI is InChI=1S/C28H34N6O4.C2H6.H2/c1-17(35)16-38-24-14-20-13-21(7-8-23(20)33(4)27(24)37)30-25-22(18-5-6-18)15-29-28(31-25)34-11-9-19(10-12-34)26(36)32(2)3;1-2;/h7-8,13-15,18-19H,5-6,9-12,16H2,1-4H3,(H,29,30,31);1-2H3;1H. The second kappa shape index (κ2) is 12.5. The van der Waals surface area contributed by atoms with Gasteiger partial charge >= 0.3 is 0 Å². The second-order valence-electron chi connectivity index (χ2n) is 10.5. The average molecular weight is 551 g/mol. The molecule has 5 rings (SSSR count). The maximum Gasteiger partial charge on any atom is 0.293 e. The van der Waals surface area contributed by atoms with Gasteiger partial charge in [0.2, 0.25) is 11.9 Å². The van der Waals surface area contributed by atoms with E-state index in [0.29, 0.717) is 11.9 Å². The number of Topliss-reactive ketones (excluding diaryl/α,β-unsaturated/α-hetero) is 1. The van der Waals surface area contributed by atoms with E-state index >= 15 is 0 Å². The lowest BCUT2D eigenvalue weighted by atomic mass is 9.96. The summed E-state index contributed by atoms with van der Waals surface area (Å²) in [5, 5.41) is 4.30. The van der Waals surface area contributed by atoms with E-state index < -0.39 is 0 Å². The van der Waals surface area contributed by atoms with Gasteiger partial charge in [-0.25, -0.2) is 4.98 Å². The maximum atomic E-state index is 12.6. The van der Waals surface area contributed by atoms with Crippen molar-refractivity contribution in [3.63, 3.8) is 0 Å². The van der Waals surface area contributed by atoms with E-state index in [0.717, 1.165) is 66.7 Å². The SMILES string of the molecule is CC.CC(=O)COc1cc2cc(Nc3nc(N4CCC(C(=O)N(C)C)CC4)ncc3C3CC3)ccc2n(C)c1=O.[HH]. The van der Waals surface area contributed by atoms with Crippen LogP contribution in [0.15, 0.2) is 35.3 Å². The van der Waals surface area contributed by atoms with E-state index in [4.69, 9.17) is 9.72 Å². The lowest BCUT2D eigenvalue weighted by molar-refractivity contribution is -0.133. The minimum Gasteiger partial charge on any atom is -0.480 e. The quantitative estimate of drug-likeness (QED) is 0.437. The molecule has 1 aromatic carbocycles. The fourth-order valence-electron chi connectivity index (χ4n) is 4.97. The number of anilines is 3. The number of aryl methyl sites for hydroxylation is 1. The van der Waals surface area contributed by atoms with Crippen LogP contribution in [0, 0.1) is 5.92 Å². The molecule has 2 fully saturated rings. The molecule has 2 aromatic heterocycles. The van der Waals surface area contributed by atoms with Crippen molar-refractivity contribution < 1.29 is 15.8 Å². The van der Waals surface area contributed by atoms with Crippen LogP contribution in [0.1, 0.15) is 59.4 Å². The predicted octanol–water partition coefficient (Wildman–Crippen LogP) is 4.49. The van der Waals surface area contributed by atoms with Crippen LogP contribution in [0.5, 0.6) is 5.75 Å². The predicted molar refractivity (Wildman–Crippen MR) is 160 cm³/mol. The molecule has 1 saturated carbocycles. The monoisotopic (exact) mass is 550 g/mol. The molecule has 1 aliphatic heterocycles. The van der Waals surface area contributed by atoms with Crippen LogP contribution >= 0.6 is 0 Å². The number of hydrogen-bond donors (Lipinski definition) is 1. The van der Waals surface area contributed by atoms with Gasteiger partial charge in [0, 0.05) is 64.4 Å². The van der Waals surface area contributed by atoms with Gasteiger partial charge in [-0.05, 0) is 62.8 Å². The molecular formula is C30H42N6O4. The largest absolute Gasteiger partial charge is 0.480 e. The fourth-order valence-corrected chi connectivity index (χ4v) is 4.97. The van der Waals surface area contributed by atoms with E-state index in [1.54, 1.807) is 32.1 Å². The number of pyridine rings is 1. The van der Waals surface area contributed by atoms with Gasteiger partial charge in [-0.3, -0.25) is 14.4 Å². The Labute approximate surface area is 236 Å². The Morgan fingerprint density at radius 3 is 2.45 bits per heavy atom. The molecule has 0 radical (unpaired) electrons. The summed E-state index contributed by atoms with van der Waals surface area (Å²) in [6.45, 7) is 6.75.